The van der Waals surface area contributed by atoms with E-state index in [1.807, 2.05) is 0 Å². The number of quaternary nitrogens is 1. The molecule has 2 bridgehead atoms. The molecule has 1 atom stereocenters. The molecule has 1 N–H and O–H groups in total. The van der Waals surface area contributed by atoms with Gasteiger partial charge in [0.25, 0.3) is 0 Å². The molecule has 0 radical (unpaired) electrons. The number of phosphoric ester groups is 1. The largest absolute Gasteiger partial charge is 0.518 e. The fourth-order valence-corrected chi connectivity index (χ4v) is 5.80. The average molecular weight is 405 g/mol. The molecule has 3 saturated heterocycles. The van der Waals surface area contributed by atoms with E-state index in [1.54, 1.807) is 0 Å². The maximum absolute atomic E-state index is 12.0. The van der Waals surface area contributed by atoms with E-state index >= 15 is 0 Å². The van der Waals surface area contributed by atoms with E-state index in [0.717, 1.165) is 38.9 Å². The van der Waals surface area contributed by atoms with Gasteiger partial charge in [-0.1, -0.05) is 88.6 Å². The first-order valence-electron chi connectivity index (χ1n) is 11.6. The topological polar surface area (TPSA) is 55.8 Å². The zero-order valence-corrected chi connectivity index (χ0v) is 18.5. The minimum atomic E-state index is -3.86. The smallest absolute Gasteiger partial charge is 0.299 e. The Kier molecular flexibility index (Phi) is 10.9. The molecular weight excluding hydrogens is 361 g/mol. The van der Waals surface area contributed by atoms with E-state index < -0.39 is 7.82 Å². The molecular formula is C21H43NO4P+. The van der Waals surface area contributed by atoms with Crippen molar-refractivity contribution < 1.29 is 23.3 Å². The zero-order chi connectivity index (χ0) is 19.4. The summed E-state index contributed by atoms with van der Waals surface area (Å²) in [7, 11) is -3.86. The summed E-state index contributed by atoms with van der Waals surface area (Å²) >= 11 is 0. The molecule has 0 spiro atoms. The highest BCUT2D eigenvalue weighted by Crippen LogP contribution is 2.53. The summed E-state index contributed by atoms with van der Waals surface area (Å²) < 4.78 is 23.0. The monoisotopic (exact) mass is 404 g/mol. The number of fused-ring (bicyclic) bond motifs is 4. The van der Waals surface area contributed by atoms with Gasteiger partial charge in [0.2, 0.25) is 0 Å². The van der Waals surface area contributed by atoms with Crippen LogP contribution in [0.3, 0.4) is 0 Å². The lowest BCUT2D eigenvalue weighted by atomic mass is 10.0. The van der Waals surface area contributed by atoms with Crippen LogP contribution < -0.4 is 0 Å². The maximum atomic E-state index is 12.0. The van der Waals surface area contributed by atoms with Crippen LogP contribution in [0, 0.1) is 0 Å². The van der Waals surface area contributed by atoms with Crippen LogP contribution >= 0.6 is 7.82 Å². The van der Waals surface area contributed by atoms with Crippen LogP contribution in [-0.4, -0.2) is 35.3 Å². The number of piperidine rings is 1. The fraction of sp³-hybridized carbons (Fsp3) is 1.00. The first kappa shape index (κ1) is 23.3. The van der Waals surface area contributed by atoms with Gasteiger partial charge in [0.1, 0.15) is 19.6 Å². The van der Waals surface area contributed by atoms with Crippen molar-refractivity contribution in [3.05, 3.63) is 0 Å². The number of nitrogens with zero attached hydrogens (tertiary/aromatic N) is 1. The third-order valence-electron chi connectivity index (χ3n) is 6.20. The second-order valence-corrected chi connectivity index (χ2v) is 9.99. The van der Waals surface area contributed by atoms with Gasteiger partial charge in [0.15, 0.2) is 0 Å². The highest BCUT2D eigenvalue weighted by molar-refractivity contribution is 7.47. The predicted octanol–water partition coefficient (Wildman–Crippen LogP) is 6.51. The first-order chi connectivity index (χ1) is 13.1. The van der Waals surface area contributed by atoms with Gasteiger partial charge in [-0.2, -0.15) is 4.65 Å². The van der Waals surface area contributed by atoms with Crippen LogP contribution in [0.5, 0.6) is 0 Å². The average Bonchev–Trinajstić information content (AvgIpc) is 2.85. The minimum Gasteiger partial charge on any atom is -0.299 e. The summed E-state index contributed by atoms with van der Waals surface area (Å²) in [5.41, 5.74) is 0. The van der Waals surface area contributed by atoms with E-state index in [0.29, 0.717) is 4.65 Å². The van der Waals surface area contributed by atoms with Crippen molar-refractivity contribution >= 4 is 7.82 Å². The van der Waals surface area contributed by atoms with Crippen molar-refractivity contribution in [3.63, 3.8) is 0 Å². The van der Waals surface area contributed by atoms with Gasteiger partial charge in [-0.3, -0.25) is 9.42 Å². The molecule has 3 heterocycles. The molecule has 3 fully saturated rings. The van der Waals surface area contributed by atoms with Crippen molar-refractivity contribution in [2.75, 3.05) is 19.6 Å². The van der Waals surface area contributed by atoms with Crippen LogP contribution in [0.2, 0.25) is 0 Å². The molecule has 3 aliphatic rings. The summed E-state index contributed by atoms with van der Waals surface area (Å²) in [6.07, 6.45) is 20.4. The Bertz CT molecular complexity index is 438. The lowest BCUT2D eigenvalue weighted by molar-refractivity contribution is -1.08. The Morgan fingerprint density at radius 2 is 1.26 bits per heavy atom. The highest BCUT2D eigenvalue weighted by Gasteiger charge is 2.49. The lowest BCUT2D eigenvalue weighted by Crippen LogP contribution is -2.51. The summed E-state index contributed by atoms with van der Waals surface area (Å²) in [5, 5.41) is 0. The van der Waals surface area contributed by atoms with Crippen LogP contribution in [0.25, 0.3) is 0 Å². The van der Waals surface area contributed by atoms with Gasteiger partial charge in [0, 0.05) is 12.8 Å². The molecule has 3 aliphatic heterocycles. The second kappa shape index (κ2) is 12.6. The summed E-state index contributed by atoms with van der Waals surface area (Å²) in [6, 6.07) is 0. The van der Waals surface area contributed by atoms with Crippen molar-refractivity contribution in [2.45, 2.75) is 116 Å². The van der Waals surface area contributed by atoms with Gasteiger partial charge < -0.3 is 0 Å². The van der Waals surface area contributed by atoms with Crippen LogP contribution in [0.4, 0.5) is 0 Å². The standard InChI is InChI=1S/C21H42NO4P/c1-2-3-4-5-6-7-8-9-10-11-12-13-14-15-18-22-19-16-21(17-20-22)25-27(23,24)26-22/h21H,2-20H2,1H3/p+1. The van der Waals surface area contributed by atoms with Crippen LogP contribution in [-0.2, 0) is 13.7 Å². The number of phosphoric acid groups is 1. The Hall–Kier alpha value is 0.0700. The van der Waals surface area contributed by atoms with E-state index in [1.165, 1.54) is 83.5 Å². The van der Waals surface area contributed by atoms with Gasteiger partial charge in [0.05, 0.1) is 6.10 Å². The lowest BCUT2D eigenvalue weighted by Gasteiger charge is -2.35. The third-order valence-corrected chi connectivity index (χ3v) is 7.31. The number of unbranched alkanes of at least 4 members (excludes halogenated alkanes) is 13. The van der Waals surface area contributed by atoms with E-state index in [-0.39, 0.29) is 6.10 Å². The van der Waals surface area contributed by atoms with E-state index in [4.69, 9.17) is 9.15 Å². The molecule has 5 nitrogen and oxygen atoms in total. The molecule has 160 valence electrons. The molecule has 6 heteroatoms. The second-order valence-electron chi connectivity index (χ2n) is 8.68. The maximum Gasteiger partial charge on any atom is 0.518 e. The fourth-order valence-electron chi connectivity index (χ4n) is 4.49. The normalized spacial score (nSPS) is 30.5. The molecule has 0 aliphatic carbocycles. The molecule has 0 aromatic heterocycles. The highest BCUT2D eigenvalue weighted by atomic mass is 31.2. The molecule has 1 unspecified atom stereocenters. The SMILES string of the molecule is CCCCCCCCCCCCCCCC[N+]12CCC(CC1)OP(=O)(O)O2. The molecule has 3 rings (SSSR count). The Balaban J connectivity index is 1.42. The number of hydrogen-bond donors (Lipinski definition) is 1. The van der Waals surface area contributed by atoms with Gasteiger partial charge in [-0.25, -0.2) is 4.57 Å². The van der Waals surface area contributed by atoms with Crippen LogP contribution in [0.15, 0.2) is 0 Å². The first-order valence-corrected chi connectivity index (χ1v) is 13.1. The van der Waals surface area contributed by atoms with Gasteiger partial charge >= 0.3 is 7.82 Å². The predicted molar refractivity (Wildman–Crippen MR) is 110 cm³/mol. The molecule has 0 amide bonds. The van der Waals surface area contributed by atoms with Crippen molar-refractivity contribution in [1.29, 1.82) is 0 Å². The van der Waals surface area contributed by atoms with Gasteiger partial charge in [-0.05, 0) is 12.8 Å². The van der Waals surface area contributed by atoms with Crippen molar-refractivity contribution in [2.24, 2.45) is 0 Å². The Morgan fingerprint density at radius 1 is 0.815 bits per heavy atom. The van der Waals surface area contributed by atoms with E-state index in [9.17, 15) is 9.46 Å². The number of hydroxylamine groups is 3. The van der Waals surface area contributed by atoms with Gasteiger partial charge in [-0.15, -0.1) is 0 Å². The summed E-state index contributed by atoms with van der Waals surface area (Å²) in [6.45, 7) is 4.75. The number of hydrogen-bond acceptors (Lipinski definition) is 3. The van der Waals surface area contributed by atoms with Crippen molar-refractivity contribution in [3.8, 4) is 0 Å². The zero-order valence-electron chi connectivity index (χ0n) is 17.6. The van der Waals surface area contributed by atoms with Crippen LogP contribution in [0.1, 0.15) is 110 Å². The third kappa shape index (κ3) is 9.41. The quantitative estimate of drug-likeness (QED) is 0.192. The summed E-state index contributed by atoms with van der Waals surface area (Å²) in [4.78, 5) is 9.81. The van der Waals surface area contributed by atoms with E-state index in [2.05, 4.69) is 6.92 Å². The molecule has 0 aromatic rings. The Labute approximate surface area is 167 Å². The molecule has 0 aromatic carbocycles. The van der Waals surface area contributed by atoms with Crippen molar-refractivity contribution in [1.82, 2.24) is 0 Å². The molecule has 27 heavy (non-hydrogen) atoms. The molecule has 0 saturated carbocycles. The number of rotatable bonds is 15. The summed E-state index contributed by atoms with van der Waals surface area (Å²) in [5.74, 6) is 0. The Morgan fingerprint density at radius 3 is 1.74 bits per heavy atom. The minimum absolute atomic E-state index is 0.0917.